The average molecular weight is 465 g/mol. The first kappa shape index (κ1) is 19.8. The first-order valence-corrected chi connectivity index (χ1v) is 9.98. The Morgan fingerprint density at radius 2 is 1.77 bits per heavy atom. The van der Waals surface area contributed by atoms with Gasteiger partial charge in [-0.25, -0.2) is 9.80 Å². The second-order valence-electron chi connectivity index (χ2n) is 6.69. The molecule has 0 bridgehead atoms. The number of aromatic nitrogens is 1. The second kappa shape index (κ2) is 8.46. The maximum Gasteiger partial charge on any atom is 0.409 e. The summed E-state index contributed by atoms with van der Waals surface area (Å²) in [5.74, 6) is -0.211. The van der Waals surface area contributed by atoms with E-state index < -0.39 is 6.09 Å². The summed E-state index contributed by atoms with van der Waals surface area (Å²) in [5.41, 5.74) is 3.31. The Kier molecular flexibility index (Phi) is 5.58. The Morgan fingerprint density at radius 1 is 1.03 bits per heavy atom. The summed E-state index contributed by atoms with van der Waals surface area (Å²) >= 11 is 3.38. The van der Waals surface area contributed by atoms with Gasteiger partial charge in [-0.2, -0.15) is 5.10 Å². The van der Waals surface area contributed by atoms with E-state index in [4.69, 9.17) is 5.11 Å². The van der Waals surface area contributed by atoms with E-state index in [-0.39, 0.29) is 11.9 Å². The molecule has 1 aromatic heterocycles. The van der Waals surface area contributed by atoms with E-state index in [1.807, 2.05) is 30.3 Å². The number of carbonyl (C=O) groups excluding carboxylic acids is 1. The number of nitrogens with one attached hydrogen (secondary N) is 1. The van der Waals surface area contributed by atoms with Gasteiger partial charge < -0.3 is 5.11 Å². The van der Waals surface area contributed by atoms with E-state index in [1.165, 1.54) is 5.01 Å². The molecule has 7 nitrogen and oxygen atoms in total. The van der Waals surface area contributed by atoms with E-state index >= 15 is 0 Å². The highest BCUT2D eigenvalue weighted by atomic mass is 79.9. The third-order valence-electron chi connectivity index (χ3n) is 4.71. The van der Waals surface area contributed by atoms with Crippen molar-refractivity contribution in [2.24, 2.45) is 5.10 Å². The van der Waals surface area contributed by atoms with Crippen LogP contribution in [0.25, 0.3) is 0 Å². The number of pyridine rings is 1. The molecule has 0 aliphatic carbocycles. The molecular weight excluding hydrogens is 448 g/mol. The number of hydrazone groups is 1. The molecule has 3 aromatic rings. The Hall–Kier alpha value is -3.52. The lowest BCUT2D eigenvalue weighted by atomic mass is 10.0. The molecule has 0 radical (unpaired) electrons. The fourth-order valence-electron chi connectivity index (χ4n) is 3.27. The lowest BCUT2D eigenvalue weighted by molar-refractivity contribution is 0.0708. The van der Waals surface area contributed by atoms with Crippen LogP contribution in [0.2, 0.25) is 0 Å². The fraction of sp³-hybridized carbons (Fsp3) is 0.0909. The van der Waals surface area contributed by atoms with Crippen molar-refractivity contribution in [3.8, 4) is 0 Å². The number of halogens is 1. The summed E-state index contributed by atoms with van der Waals surface area (Å²) < 4.78 is 0.890. The quantitative estimate of drug-likeness (QED) is 0.572. The van der Waals surface area contributed by atoms with Gasteiger partial charge in [-0.3, -0.25) is 15.1 Å². The summed E-state index contributed by atoms with van der Waals surface area (Å²) in [4.78, 5) is 28.4. The fourth-order valence-corrected chi connectivity index (χ4v) is 3.53. The Balaban J connectivity index is 1.66. The van der Waals surface area contributed by atoms with E-state index in [2.05, 4.69) is 31.3 Å². The van der Waals surface area contributed by atoms with Gasteiger partial charge in [-0.1, -0.05) is 34.1 Å². The molecule has 1 aliphatic heterocycles. The van der Waals surface area contributed by atoms with E-state index in [1.54, 1.807) is 42.6 Å². The zero-order valence-corrected chi connectivity index (χ0v) is 17.3. The zero-order valence-electron chi connectivity index (χ0n) is 15.7. The van der Waals surface area contributed by atoms with Crippen molar-refractivity contribution in [3.63, 3.8) is 0 Å². The number of rotatable bonds is 4. The van der Waals surface area contributed by atoms with Crippen molar-refractivity contribution in [3.05, 3.63) is 94.2 Å². The molecule has 30 heavy (non-hydrogen) atoms. The highest BCUT2D eigenvalue weighted by Gasteiger charge is 2.34. The summed E-state index contributed by atoms with van der Waals surface area (Å²) in [6.07, 6.45) is 1.08. The normalized spacial score (nSPS) is 15.6. The van der Waals surface area contributed by atoms with Crippen LogP contribution >= 0.6 is 15.9 Å². The number of benzene rings is 2. The number of carbonyl (C=O) groups is 2. The minimum absolute atomic E-state index is 0.211. The Morgan fingerprint density at radius 3 is 2.40 bits per heavy atom. The molecule has 2 aromatic carbocycles. The number of carboxylic acid groups (broad SMARTS) is 1. The molecule has 0 fully saturated rings. The van der Waals surface area contributed by atoms with Crippen molar-refractivity contribution < 1.29 is 14.7 Å². The molecule has 1 unspecified atom stereocenters. The molecule has 2 amide bonds. The molecule has 2 N–H and O–H groups in total. The zero-order chi connectivity index (χ0) is 21.1. The molecule has 1 atom stereocenters. The molecule has 0 saturated carbocycles. The lowest BCUT2D eigenvalue weighted by Gasteiger charge is -2.21. The van der Waals surface area contributed by atoms with E-state index in [0.29, 0.717) is 17.7 Å². The van der Waals surface area contributed by atoms with Crippen LogP contribution in [-0.4, -0.2) is 32.8 Å². The van der Waals surface area contributed by atoms with E-state index in [9.17, 15) is 9.59 Å². The average Bonchev–Trinajstić information content (AvgIpc) is 3.20. The number of anilines is 1. The predicted octanol–water partition coefficient (Wildman–Crippen LogP) is 4.93. The number of hydrogen-bond acceptors (Lipinski definition) is 4. The van der Waals surface area contributed by atoms with Gasteiger partial charge in [0.25, 0.3) is 5.91 Å². The van der Waals surface area contributed by atoms with Gasteiger partial charge in [0.15, 0.2) is 0 Å². The molecular formula is C22H17BrN4O3. The predicted molar refractivity (Wildman–Crippen MR) is 117 cm³/mol. The Bertz CT molecular complexity index is 1100. The van der Waals surface area contributed by atoms with Crippen LogP contribution in [0, 0.1) is 0 Å². The molecule has 150 valence electrons. The summed E-state index contributed by atoms with van der Waals surface area (Å²) in [5, 5.41) is 17.2. The van der Waals surface area contributed by atoms with Gasteiger partial charge in [0.05, 0.1) is 11.4 Å². The minimum atomic E-state index is -1.12. The third kappa shape index (κ3) is 4.23. The standard InChI is InChI=1S/C22H17BrN4O3/c23-16-8-4-15(5-9-16)21(28)27-20(18-3-1-2-12-24-18)13-19(26-27)14-6-10-17(11-7-14)25-22(29)30/h1-12,20,25H,13H2,(H,29,30). The molecule has 0 spiro atoms. The first-order chi connectivity index (χ1) is 14.5. The molecule has 2 heterocycles. The lowest BCUT2D eigenvalue weighted by Crippen LogP contribution is -2.27. The summed E-state index contributed by atoms with van der Waals surface area (Å²) in [6.45, 7) is 0. The molecule has 1 aliphatic rings. The van der Waals surface area contributed by atoms with Gasteiger partial charge in [0, 0.05) is 28.3 Å². The number of amides is 2. The van der Waals surface area contributed by atoms with Crippen molar-refractivity contribution in [1.29, 1.82) is 0 Å². The molecule has 8 heteroatoms. The highest BCUT2D eigenvalue weighted by molar-refractivity contribution is 9.10. The van der Waals surface area contributed by atoms with Crippen LogP contribution in [-0.2, 0) is 0 Å². The first-order valence-electron chi connectivity index (χ1n) is 9.19. The second-order valence-corrected chi connectivity index (χ2v) is 7.60. The SMILES string of the molecule is O=C(O)Nc1ccc(C2=NN(C(=O)c3ccc(Br)cc3)C(c3ccccn3)C2)cc1. The topological polar surface area (TPSA) is 94.9 Å². The van der Waals surface area contributed by atoms with Crippen LogP contribution in [0.15, 0.2) is 82.5 Å². The van der Waals surface area contributed by atoms with Gasteiger partial charge in [0.1, 0.15) is 6.04 Å². The van der Waals surface area contributed by atoms with Gasteiger partial charge in [-0.15, -0.1) is 0 Å². The van der Waals surface area contributed by atoms with Crippen LogP contribution < -0.4 is 5.32 Å². The smallest absolute Gasteiger partial charge is 0.409 e. The number of hydrogen-bond donors (Lipinski definition) is 2. The van der Waals surface area contributed by atoms with Crippen molar-refractivity contribution >= 4 is 39.3 Å². The van der Waals surface area contributed by atoms with Crippen molar-refractivity contribution in [2.45, 2.75) is 12.5 Å². The van der Waals surface area contributed by atoms with Crippen LogP contribution in [0.3, 0.4) is 0 Å². The van der Waals surface area contributed by atoms with Crippen molar-refractivity contribution in [2.75, 3.05) is 5.32 Å². The summed E-state index contributed by atoms with van der Waals surface area (Å²) in [6, 6.07) is 19.3. The third-order valence-corrected chi connectivity index (χ3v) is 5.24. The van der Waals surface area contributed by atoms with Gasteiger partial charge in [-0.05, 0) is 54.1 Å². The maximum atomic E-state index is 13.2. The van der Waals surface area contributed by atoms with Gasteiger partial charge >= 0.3 is 6.09 Å². The minimum Gasteiger partial charge on any atom is -0.465 e. The number of nitrogens with zero attached hydrogens (tertiary/aromatic N) is 3. The molecule has 4 rings (SSSR count). The van der Waals surface area contributed by atoms with Gasteiger partial charge in [0.2, 0.25) is 0 Å². The van der Waals surface area contributed by atoms with Crippen LogP contribution in [0.4, 0.5) is 10.5 Å². The maximum absolute atomic E-state index is 13.2. The highest BCUT2D eigenvalue weighted by Crippen LogP contribution is 2.33. The monoisotopic (exact) mass is 464 g/mol. The van der Waals surface area contributed by atoms with Crippen LogP contribution in [0.5, 0.6) is 0 Å². The molecule has 0 saturated heterocycles. The van der Waals surface area contributed by atoms with Crippen LogP contribution in [0.1, 0.15) is 34.1 Å². The largest absolute Gasteiger partial charge is 0.465 e. The summed E-state index contributed by atoms with van der Waals surface area (Å²) in [7, 11) is 0. The Labute approximate surface area is 181 Å². The van der Waals surface area contributed by atoms with Crippen molar-refractivity contribution in [1.82, 2.24) is 9.99 Å². The van der Waals surface area contributed by atoms with E-state index in [0.717, 1.165) is 21.4 Å².